The molecule has 2 amide bonds. The van der Waals surface area contributed by atoms with Crippen LogP contribution in [0, 0.1) is 5.82 Å². The van der Waals surface area contributed by atoms with Gasteiger partial charge in [0.25, 0.3) is 0 Å². The highest BCUT2D eigenvalue weighted by molar-refractivity contribution is 5.90. The average molecular weight is 331 g/mol. The molecule has 1 aromatic heterocycles. The van der Waals surface area contributed by atoms with E-state index in [0.717, 1.165) is 37.2 Å². The molecular weight excluding hydrogens is 309 g/mol. The van der Waals surface area contributed by atoms with Gasteiger partial charge < -0.3 is 15.5 Å². The minimum atomic E-state index is -0.371. The number of anilines is 2. The van der Waals surface area contributed by atoms with Crippen molar-refractivity contribution in [3.05, 3.63) is 42.0 Å². The van der Waals surface area contributed by atoms with Gasteiger partial charge in [-0.1, -0.05) is 0 Å². The smallest absolute Gasteiger partial charge is 0.319 e. The van der Waals surface area contributed by atoms with Crippen LogP contribution in [0.1, 0.15) is 31.4 Å². The van der Waals surface area contributed by atoms with E-state index in [1.54, 1.807) is 10.9 Å². The van der Waals surface area contributed by atoms with Crippen molar-refractivity contribution < 1.29 is 9.18 Å². The monoisotopic (exact) mass is 331 g/mol. The first-order valence-corrected chi connectivity index (χ1v) is 8.13. The number of aryl methyl sites for hydroxylation is 1. The molecule has 2 aromatic rings. The third-order valence-corrected chi connectivity index (χ3v) is 4.18. The molecule has 7 heteroatoms. The number of rotatable bonds is 4. The van der Waals surface area contributed by atoms with Crippen LogP contribution in [0.3, 0.4) is 0 Å². The third-order valence-electron chi connectivity index (χ3n) is 4.18. The lowest BCUT2D eigenvalue weighted by Crippen LogP contribution is -2.31. The largest absolute Gasteiger partial charge is 0.371 e. The van der Waals surface area contributed by atoms with Gasteiger partial charge in [-0.2, -0.15) is 5.10 Å². The first-order valence-electron chi connectivity index (χ1n) is 8.13. The number of carbonyl (C=O) groups is 1. The van der Waals surface area contributed by atoms with Crippen molar-refractivity contribution in [3.8, 4) is 0 Å². The molecule has 1 unspecified atom stereocenters. The molecule has 0 bridgehead atoms. The molecule has 1 aliphatic heterocycles. The van der Waals surface area contributed by atoms with Crippen molar-refractivity contribution in [2.45, 2.75) is 25.8 Å². The Labute approximate surface area is 140 Å². The Morgan fingerprint density at radius 2 is 2.04 bits per heavy atom. The number of halogens is 1. The number of hydrogen-bond acceptors (Lipinski definition) is 3. The summed E-state index contributed by atoms with van der Waals surface area (Å²) in [4.78, 5) is 14.3. The number of nitrogens with zero attached hydrogens (tertiary/aromatic N) is 3. The second kappa shape index (κ2) is 6.90. The maximum Gasteiger partial charge on any atom is 0.319 e. The van der Waals surface area contributed by atoms with Crippen LogP contribution in [0.5, 0.6) is 0 Å². The van der Waals surface area contributed by atoms with Crippen LogP contribution in [0.25, 0.3) is 0 Å². The fourth-order valence-corrected chi connectivity index (χ4v) is 2.92. The van der Waals surface area contributed by atoms with Crippen LogP contribution < -0.4 is 15.5 Å². The van der Waals surface area contributed by atoms with Gasteiger partial charge in [-0.3, -0.25) is 4.68 Å². The zero-order chi connectivity index (χ0) is 17.1. The highest BCUT2D eigenvalue weighted by Crippen LogP contribution is 2.25. The molecule has 24 heavy (non-hydrogen) atoms. The fourth-order valence-electron chi connectivity index (χ4n) is 2.92. The highest BCUT2D eigenvalue weighted by atomic mass is 19.1. The molecule has 128 valence electrons. The van der Waals surface area contributed by atoms with Crippen LogP contribution in [0.2, 0.25) is 0 Å². The van der Waals surface area contributed by atoms with Gasteiger partial charge in [0.15, 0.2) is 0 Å². The molecule has 0 radical (unpaired) electrons. The molecule has 1 saturated heterocycles. The summed E-state index contributed by atoms with van der Waals surface area (Å²) in [6, 6.07) is 4.08. The number of urea groups is 1. The van der Waals surface area contributed by atoms with Crippen molar-refractivity contribution >= 4 is 17.4 Å². The summed E-state index contributed by atoms with van der Waals surface area (Å²) in [5.74, 6) is -0.352. The van der Waals surface area contributed by atoms with Crippen LogP contribution in [-0.4, -0.2) is 28.9 Å². The van der Waals surface area contributed by atoms with Gasteiger partial charge in [0.2, 0.25) is 0 Å². The maximum atomic E-state index is 13.9. The quantitative estimate of drug-likeness (QED) is 0.905. The van der Waals surface area contributed by atoms with Gasteiger partial charge in [0, 0.05) is 43.3 Å². The molecule has 0 saturated carbocycles. The Balaban J connectivity index is 1.65. The Hall–Kier alpha value is -2.57. The van der Waals surface area contributed by atoms with E-state index in [2.05, 4.69) is 20.6 Å². The summed E-state index contributed by atoms with van der Waals surface area (Å²) in [5, 5.41) is 9.62. The number of benzene rings is 1. The number of hydrogen-bond donors (Lipinski definition) is 2. The number of carbonyl (C=O) groups excluding carboxylic acids is 1. The summed E-state index contributed by atoms with van der Waals surface area (Å²) < 4.78 is 15.5. The van der Waals surface area contributed by atoms with Crippen molar-refractivity contribution in [2.75, 3.05) is 23.3 Å². The van der Waals surface area contributed by atoms with Crippen LogP contribution in [-0.2, 0) is 7.05 Å². The van der Waals surface area contributed by atoms with E-state index in [-0.39, 0.29) is 17.9 Å². The van der Waals surface area contributed by atoms with Crippen LogP contribution in [0.15, 0.2) is 30.6 Å². The SMILES string of the molecule is CC(NC(=O)Nc1cc(F)cc(N2CCCC2)c1)c1cnn(C)c1. The van der Waals surface area contributed by atoms with Crippen molar-refractivity contribution in [1.82, 2.24) is 15.1 Å². The Bertz CT molecular complexity index is 724. The number of amides is 2. The molecule has 2 N–H and O–H groups in total. The van der Waals surface area contributed by atoms with E-state index in [1.165, 1.54) is 12.1 Å². The lowest BCUT2D eigenvalue weighted by molar-refractivity contribution is 0.249. The van der Waals surface area contributed by atoms with Crippen LogP contribution in [0.4, 0.5) is 20.6 Å². The highest BCUT2D eigenvalue weighted by Gasteiger charge is 2.15. The minimum Gasteiger partial charge on any atom is -0.371 e. The van der Waals surface area contributed by atoms with Crippen molar-refractivity contribution in [3.63, 3.8) is 0 Å². The van der Waals surface area contributed by atoms with Crippen molar-refractivity contribution in [1.29, 1.82) is 0 Å². The van der Waals surface area contributed by atoms with Gasteiger partial charge in [-0.25, -0.2) is 9.18 Å². The normalized spacial score (nSPS) is 15.4. The summed E-state index contributed by atoms with van der Waals surface area (Å²) in [6.45, 7) is 3.72. The van der Waals surface area contributed by atoms with E-state index in [4.69, 9.17) is 0 Å². The molecule has 1 aromatic carbocycles. The van der Waals surface area contributed by atoms with Gasteiger partial charge in [0.1, 0.15) is 5.82 Å². The summed E-state index contributed by atoms with van der Waals surface area (Å²) in [6.07, 6.45) is 5.78. The zero-order valence-electron chi connectivity index (χ0n) is 13.9. The molecule has 1 aliphatic rings. The lowest BCUT2D eigenvalue weighted by Gasteiger charge is -2.19. The van der Waals surface area contributed by atoms with E-state index < -0.39 is 0 Å². The molecule has 1 fully saturated rings. The average Bonchev–Trinajstić information content (AvgIpc) is 3.17. The second-order valence-corrected chi connectivity index (χ2v) is 6.16. The predicted octanol–water partition coefficient (Wildman–Crippen LogP) is 3.04. The number of nitrogens with one attached hydrogen (secondary N) is 2. The Morgan fingerprint density at radius 1 is 1.29 bits per heavy atom. The van der Waals surface area contributed by atoms with E-state index in [1.807, 2.05) is 26.2 Å². The minimum absolute atomic E-state index is 0.190. The Morgan fingerprint density at radius 3 is 2.71 bits per heavy atom. The Kier molecular flexibility index (Phi) is 4.69. The molecule has 2 heterocycles. The van der Waals surface area contributed by atoms with Gasteiger partial charge in [-0.15, -0.1) is 0 Å². The molecule has 1 atom stereocenters. The number of aromatic nitrogens is 2. The van der Waals surface area contributed by atoms with E-state index in [0.29, 0.717) is 5.69 Å². The van der Waals surface area contributed by atoms with E-state index in [9.17, 15) is 9.18 Å². The topological polar surface area (TPSA) is 62.2 Å². The third kappa shape index (κ3) is 3.84. The summed E-state index contributed by atoms with van der Waals surface area (Å²) >= 11 is 0. The van der Waals surface area contributed by atoms with Gasteiger partial charge in [0.05, 0.1) is 12.2 Å². The summed E-state index contributed by atoms with van der Waals surface area (Å²) in [5.41, 5.74) is 2.17. The standard InChI is InChI=1S/C17H22FN5O/c1-12(13-10-19-22(2)11-13)20-17(24)21-15-7-14(18)8-16(9-15)23-5-3-4-6-23/h7-12H,3-6H2,1-2H3,(H2,20,21,24). The van der Waals surface area contributed by atoms with Crippen molar-refractivity contribution in [2.24, 2.45) is 7.05 Å². The van der Waals surface area contributed by atoms with Crippen LogP contribution >= 0.6 is 0 Å². The molecule has 6 nitrogen and oxygen atoms in total. The van der Waals surface area contributed by atoms with Gasteiger partial charge in [-0.05, 0) is 38.0 Å². The molecule has 3 rings (SSSR count). The van der Waals surface area contributed by atoms with E-state index >= 15 is 0 Å². The lowest BCUT2D eigenvalue weighted by atomic mass is 10.2. The first kappa shape index (κ1) is 16.3. The first-order chi connectivity index (χ1) is 11.5. The fraction of sp³-hybridized carbons (Fsp3) is 0.412. The zero-order valence-corrected chi connectivity index (χ0v) is 13.9. The molecule has 0 spiro atoms. The summed E-state index contributed by atoms with van der Waals surface area (Å²) in [7, 11) is 1.82. The van der Waals surface area contributed by atoms with Gasteiger partial charge >= 0.3 is 6.03 Å². The molecule has 0 aliphatic carbocycles. The second-order valence-electron chi connectivity index (χ2n) is 6.16. The maximum absolute atomic E-state index is 13.9. The molecular formula is C17H22FN5O. The predicted molar refractivity (Wildman–Crippen MR) is 91.6 cm³/mol.